The van der Waals surface area contributed by atoms with Gasteiger partial charge in [-0.25, -0.2) is 9.13 Å². The summed E-state index contributed by atoms with van der Waals surface area (Å²) in [4.78, 5) is 22.2. The summed E-state index contributed by atoms with van der Waals surface area (Å²) in [5, 5.41) is 15.6. The van der Waals surface area contributed by atoms with Gasteiger partial charge in [0.25, 0.3) is 0 Å². The van der Waals surface area contributed by atoms with Crippen LogP contribution in [0.1, 0.15) is 12.8 Å². The maximum absolute atomic E-state index is 11.2. The Balaban J connectivity index is 0. The monoisotopic (exact) mass is 284 g/mol. The summed E-state index contributed by atoms with van der Waals surface area (Å²) < 4.78 is 22.4. The van der Waals surface area contributed by atoms with Crippen LogP contribution < -0.4 is 0 Å². The fourth-order valence-corrected chi connectivity index (χ4v) is 2.45. The molecule has 0 rings (SSSR count). The van der Waals surface area contributed by atoms with Crippen molar-refractivity contribution in [2.24, 2.45) is 5.92 Å². The third-order valence-electron chi connectivity index (χ3n) is 2.43. The van der Waals surface area contributed by atoms with Gasteiger partial charge in [-0.3, -0.25) is 9.59 Å². The van der Waals surface area contributed by atoms with Crippen molar-refractivity contribution in [1.29, 1.82) is 0 Å². The topological polar surface area (TPSA) is 109 Å². The predicted molar refractivity (Wildman–Crippen MR) is 66.6 cm³/mol. The molecule has 2 atom stereocenters. The summed E-state index contributed by atoms with van der Waals surface area (Å²) in [6.45, 7) is 6.56. The summed E-state index contributed by atoms with van der Waals surface area (Å²) in [6.07, 6.45) is 1.54. The van der Waals surface area contributed by atoms with Gasteiger partial charge in [0, 0.05) is 0 Å². The van der Waals surface area contributed by atoms with Gasteiger partial charge in [0.15, 0.2) is 5.16 Å². The van der Waals surface area contributed by atoms with Gasteiger partial charge in [0.05, 0.1) is 5.92 Å². The number of carboxylic acid groups (broad SMARTS) is 2. The summed E-state index contributed by atoms with van der Waals surface area (Å²) in [5.41, 5.74) is 0. The van der Waals surface area contributed by atoms with Crippen molar-refractivity contribution in [3.63, 3.8) is 0 Å². The molecule has 0 spiro atoms. The molecule has 0 radical (unpaired) electrons. The number of aliphatic carboxylic acids is 2. The molecule has 0 saturated heterocycles. The average molecular weight is 284 g/mol. The van der Waals surface area contributed by atoms with E-state index < -0.39 is 37.1 Å². The average Bonchev–Trinajstić information content (AvgIpc) is 2.21. The van der Waals surface area contributed by atoms with Crippen LogP contribution in [0.5, 0.6) is 0 Å². The van der Waals surface area contributed by atoms with E-state index in [0.29, 0.717) is 0 Å². The molecule has 18 heavy (non-hydrogen) atoms. The second-order valence-corrected chi connectivity index (χ2v) is 4.71. The van der Waals surface area contributed by atoms with Crippen molar-refractivity contribution in [2.45, 2.75) is 18.0 Å². The molecule has 6 nitrogen and oxygen atoms in total. The van der Waals surface area contributed by atoms with Crippen LogP contribution in [0.3, 0.4) is 0 Å². The maximum atomic E-state index is 11.2. The Kier molecular flexibility index (Phi) is 9.20. The van der Waals surface area contributed by atoms with Gasteiger partial charge in [-0.05, 0) is 12.8 Å². The van der Waals surface area contributed by atoms with Gasteiger partial charge in [-0.15, -0.1) is 13.2 Å². The molecule has 0 amide bonds. The summed E-state index contributed by atoms with van der Waals surface area (Å²) in [5.74, 6) is -4.77. The van der Waals surface area contributed by atoms with Crippen molar-refractivity contribution < 1.29 is 28.9 Å². The van der Waals surface area contributed by atoms with E-state index in [9.17, 15) is 18.7 Å². The Morgan fingerprint density at radius 3 is 1.94 bits per heavy atom. The normalized spacial score (nSPS) is 14.4. The Morgan fingerprint density at radius 1 is 1.22 bits per heavy atom. The quantitative estimate of drug-likeness (QED) is 0.393. The standard InChI is InChI=1S/C10H13O6P.Na.H/c1-3-5-7(8(11)12)10(6-4-2,9(13)14)17(15)16;;/h3-4,7H,1-2,5-6H2,(H,11,12)(H,13,14);;. The zero-order valence-electron chi connectivity index (χ0n) is 9.04. The van der Waals surface area contributed by atoms with E-state index in [1.54, 1.807) is 0 Å². The molecule has 96 valence electrons. The molecule has 2 unspecified atom stereocenters. The predicted octanol–water partition coefficient (Wildman–Crippen LogP) is 1.19. The number of hydrogen-bond acceptors (Lipinski definition) is 4. The third-order valence-corrected chi connectivity index (χ3v) is 3.77. The Bertz CT molecular complexity index is 409. The van der Waals surface area contributed by atoms with Crippen molar-refractivity contribution in [3.05, 3.63) is 25.3 Å². The summed E-state index contributed by atoms with van der Waals surface area (Å²) in [6, 6.07) is 0. The first-order chi connectivity index (χ1) is 7.84. The summed E-state index contributed by atoms with van der Waals surface area (Å²) in [7, 11) is -3.48. The Hall–Kier alpha value is -0.680. The minimum absolute atomic E-state index is 0. The van der Waals surface area contributed by atoms with E-state index in [1.165, 1.54) is 6.08 Å². The van der Waals surface area contributed by atoms with Crippen LogP contribution in [-0.2, 0) is 18.7 Å². The van der Waals surface area contributed by atoms with E-state index in [0.717, 1.165) is 6.08 Å². The Labute approximate surface area is 127 Å². The molecule has 0 fully saturated rings. The van der Waals surface area contributed by atoms with Gasteiger partial charge < -0.3 is 10.2 Å². The first-order valence-corrected chi connectivity index (χ1v) is 5.84. The molecular weight excluding hydrogens is 270 g/mol. The van der Waals surface area contributed by atoms with E-state index in [2.05, 4.69) is 13.2 Å². The molecule has 0 bridgehead atoms. The third kappa shape index (κ3) is 3.92. The number of allylic oxidation sites excluding steroid dienone is 2. The van der Waals surface area contributed by atoms with Crippen molar-refractivity contribution in [3.8, 4) is 0 Å². The fraction of sp³-hybridized carbons (Fsp3) is 0.400. The van der Waals surface area contributed by atoms with Crippen LogP contribution in [0, 0.1) is 5.92 Å². The molecule has 0 aromatic heterocycles. The van der Waals surface area contributed by atoms with Gasteiger partial charge in [0.2, 0.25) is 0 Å². The van der Waals surface area contributed by atoms with Gasteiger partial charge in [0.1, 0.15) is 0 Å². The molecule has 0 heterocycles. The first kappa shape index (κ1) is 19.7. The number of hydrogen-bond donors (Lipinski definition) is 2. The number of carboxylic acids is 2. The van der Waals surface area contributed by atoms with E-state index in [4.69, 9.17) is 10.2 Å². The second-order valence-electron chi connectivity index (χ2n) is 3.39. The van der Waals surface area contributed by atoms with Crippen LogP contribution in [-0.4, -0.2) is 56.9 Å². The van der Waals surface area contributed by atoms with Crippen LogP contribution in [0.25, 0.3) is 0 Å². The molecule has 0 aliphatic carbocycles. The molecular formula is C10H14NaO6P. The first-order valence-electron chi connectivity index (χ1n) is 4.67. The summed E-state index contributed by atoms with van der Waals surface area (Å²) >= 11 is 0. The molecule has 0 aromatic carbocycles. The zero-order chi connectivity index (χ0) is 13.6. The van der Waals surface area contributed by atoms with Gasteiger partial charge >= 0.3 is 49.2 Å². The molecule has 0 aliphatic heterocycles. The van der Waals surface area contributed by atoms with Gasteiger partial charge in [-0.2, -0.15) is 0 Å². The van der Waals surface area contributed by atoms with Crippen molar-refractivity contribution in [1.82, 2.24) is 0 Å². The Morgan fingerprint density at radius 2 is 1.72 bits per heavy atom. The van der Waals surface area contributed by atoms with E-state index in [1.807, 2.05) is 0 Å². The van der Waals surface area contributed by atoms with Gasteiger partial charge in [-0.1, -0.05) is 12.2 Å². The number of rotatable bonds is 8. The molecule has 0 aliphatic rings. The van der Waals surface area contributed by atoms with Crippen LogP contribution in [0.2, 0.25) is 0 Å². The zero-order valence-corrected chi connectivity index (χ0v) is 9.93. The van der Waals surface area contributed by atoms with Crippen molar-refractivity contribution >= 4 is 49.2 Å². The van der Waals surface area contributed by atoms with E-state index >= 15 is 0 Å². The molecule has 2 N–H and O–H groups in total. The number of carbonyl (C=O) groups is 2. The van der Waals surface area contributed by atoms with Crippen molar-refractivity contribution in [2.75, 3.05) is 0 Å². The fourth-order valence-electron chi connectivity index (χ4n) is 1.55. The SMILES string of the molecule is C=CCC(C(=O)O)C(CC=C)(C(=O)O)P(=O)=O.[NaH]. The van der Waals surface area contributed by atoms with Crippen LogP contribution >= 0.6 is 7.68 Å². The van der Waals surface area contributed by atoms with E-state index in [-0.39, 0.29) is 36.0 Å². The van der Waals surface area contributed by atoms with Crippen LogP contribution in [0.15, 0.2) is 25.3 Å². The molecule has 8 heteroatoms. The van der Waals surface area contributed by atoms with Crippen LogP contribution in [0.4, 0.5) is 0 Å². The second kappa shape index (κ2) is 8.43. The molecule has 0 saturated carbocycles. The molecule has 0 aromatic rings. The minimum atomic E-state index is -3.48.